The molecule has 2 rings (SSSR count). The summed E-state index contributed by atoms with van der Waals surface area (Å²) in [5, 5.41) is 3.67. The van der Waals surface area contributed by atoms with Crippen LogP contribution in [0.15, 0.2) is 24.3 Å². The summed E-state index contributed by atoms with van der Waals surface area (Å²) in [4.78, 5) is 2.66. The van der Waals surface area contributed by atoms with Gasteiger partial charge in [0.25, 0.3) is 0 Å². The highest BCUT2D eigenvalue weighted by Gasteiger charge is 2.25. The van der Waals surface area contributed by atoms with E-state index < -0.39 is 0 Å². The average Bonchev–Trinajstić information content (AvgIpc) is 2.46. The molecular weight excluding hydrogens is 256 g/mol. The highest BCUT2D eigenvalue weighted by molar-refractivity contribution is 5.27. The number of piperazine rings is 1. The maximum atomic E-state index is 3.67. The summed E-state index contributed by atoms with van der Waals surface area (Å²) in [6.07, 6.45) is 2.44. The fourth-order valence-electron chi connectivity index (χ4n) is 3.14. The van der Waals surface area contributed by atoms with Gasteiger partial charge in [-0.3, -0.25) is 4.90 Å². The van der Waals surface area contributed by atoms with Gasteiger partial charge in [-0.05, 0) is 29.4 Å². The first-order chi connectivity index (χ1) is 9.94. The molecule has 1 N–H and O–H groups in total. The summed E-state index contributed by atoms with van der Waals surface area (Å²) in [6, 6.07) is 10.6. The van der Waals surface area contributed by atoms with E-state index >= 15 is 0 Å². The van der Waals surface area contributed by atoms with Gasteiger partial charge in [0.1, 0.15) is 0 Å². The minimum atomic E-state index is 0.243. The molecule has 118 valence electrons. The predicted octanol–water partition coefficient (Wildman–Crippen LogP) is 3.95. The van der Waals surface area contributed by atoms with Crippen LogP contribution in [0.5, 0.6) is 0 Å². The van der Waals surface area contributed by atoms with Crippen molar-refractivity contribution >= 4 is 0 Å². The molecule has 2 unspecified atom stereocenters. The molecular formula is C19H32N2. The summed E-state index contributed by atoms with van der Waals surface area (Å²) in [5.74, 6) is 0. The number of nitrogens with zero attached hydrogens (tertiary/aromatic N) is 1. The second-order valence-electron chi connectivity index (χ2n) is 7.45. The normalized spacial score (nSPS) is 24.2. The number of hydrogen-bond donors (Lipinski definition) is 1. The van der Waals surface area contributed by atoms with Crippen LogP contribution < -0.4 is 5.32 Å². The smallest absolute Gasteiger partial charge is 0.0237 e. The van der Waals surface area contributed by atoms with Crippen LogP contribution in [-0.2, 0) is 12.0 Å². The Hall–Kier alpha value is -0.860. The van der Waals surface area contributed by atoms with Crippen LogP contribution in [0.2, 0.25) is 0 Å². The van der Waals surface area contributed by atoms with Gasteiger partial charge in [-0.1, -0.05) is 58.9 Å². The Morgan fingerprint density at radius 2 is 1.76 bits per heavy atom. The van der Waals surface area contributed by atoms with Gasteiger partial charge in [0.2, 0.25) is 0 Å². The summed E-state index contributed by atoms with van der Waals surface area (Å²) < 4.78 is 0. The molecule has 21 heavy (non-hydrogen) atoms. The quantitative estimate of drug-likeness (QED) is 0.902. The van der Waals surface area contributed by atoms with Crippen LogP contribution in [-0.4, -0.2) is 30.1 Å². The van der Waals surface area contributed by atoms with Crippen molar-refractivity contribution in [2.45, 2.75) is 71.5 Å². The van der Waals surface area contributed by atoms with E-state index in [1.165, 1.54) is 30.5 Å². The lowest BCUT2D eigenvalue weighted by Crippen LogP contribution is -2.55. The van der Waals surface area contributed by atoms with Gasteiger partial charge >= 0.3 is 0 Å². The molecule has 2 nitrogen and oxygen atoms in total. The van der Waals surface area contributed by atoms with Crippen LogP contribution in [0.4, 0.5) is 0 Å². The van der Waals surface area contributed by atoms with Crippen molar-refractivity contribution in [1.29, 1.82) is 0 Å². The second-order valence-corrected chi connectivity index (χ2v) is 7.45. The highest BCUT2D eigenvalue weighted by Crippen LogP contribution is 2.23. The fourth-order valence-corrected chi connectivity index (χ4v) is 3.14. The molecule has 1 fully saturated rings. The molecule has 1 aliphatic heterocycles. The van der Waals surface area contributed by atoms with Crippen molar-refractivity contribution in [1.82, 2.24) is 10.2 Å². The number of hydrogen-bond acceptors (Lipinski definition) is 2. The van der Waals surface area contributed by atoms with E-state index in [0.29, 0.717) is 12.1 Å². The van der Waals surface area contributed by atoms with E-state index in [0.717, 1.165) is 13.1 Å². The maximum Gasteiger partial charge on any atom is 0.0237 e. The van der Waals surface area contributed by atoms with Crippen LogP contribution in [0.3, 0.4) is 0 Å². The molecule has 1 aromatic carbocycles. The molecule has 0 spiro atoms. The van der Waals surface area contributed by atoms with Gasteiger partial charge in [-0.2, -0.15) is 0 Å². The first-order valence-corrected chi connectivity index (χ1v) is 8.51. The molecule has 1 aromatic rings. The van der Waals surface area contributed by atoms with Gasteiger partial charge in [0.15, 0.2) is 0 Å². The molecule has 1 heterocycles. The molecule has 0 aromatic heterocycles. The van der Waals surface area contributed by atoms with Crippen molar-refractivity contribution in [3.63, 3.8) is 0 Å². The van der Waals surface area contributed by atoms with E-state index in [2.05, 4.69) is 69.1 Å². The largest absolute Gasteiger partial charge is 0.311 e. The topological polar surface area (TPSA) is 15.3 Å². The Labute approximate surface area is 130 Å². The number of rotatable bonds is 4. The van der Waals surface area contributed by atoms with Crippen molar-refractivity contribution in [3.8, 4) is 0 Å². The molecule has 2 atom stereocenters. The monoisotopic (exact) mass is 288 g/mol. The lowest BCUT2D eigenvalue weighted by molar-refractivity contribution is 0.117. The number of nitrogens with one attached hydrogen (secondary N) is 1. The maximum absolute atomic E-state index is 3.67. The first kappa shape index (κ1) is 16.5. The average molecular weight is 288 g/mol. The minimum absolute atomic E-state index is 0.243. The van der Waals surface area contributed by atoms with Gasteiger partial charge < -0.3 is 5.32 Å². The highest BCUT2D eigenvalue weighted by atomic mass is 15.2. The zero-order valence-corrected chi connectivity index (χ0v) is 14.4. The van der Waals surface area contributed by atoms with Gasteiger partial charge in [0, 0.05) is 31.7 Å². The minimum Gasteiger partial charge on any atom is -0.311 e. The van der Waals surface area contributed by atoms with E-state index in [4.69, 9.17) is 0 Å². The van der Waals surface area contributed by atoms with Crippen molar-refractivity contribution in [2.75, 3.05) is 13.1 Å². The summed E-state index contributed by atoms with van der Waals surface area (Å²) in [7, 11) is 0. The summed E-state index contributed by atoms with van der Waals surface area (Å²) >= 11 is 0. The summed E-state index contributed by atoms with van der Waals surface area (Å²) in [6.45, 7) is 14.8. The van der Waals surface area contributed by atoms with Crippen LogP contribution in [0, 0.1) is 0 Å². The van der Waals surface area contributed by atoms with Crippen LogP contribution in [0.25, 0.3) is 0 Å². The van der Waals surface area contributed by atoms with Crippen molar-refractivity contribution < 1.29 is 0 Å². The van der Waals surface area contributed by atoms with Gasteiger partial charge in [-0.25, -0.2) is 0 Å². The second kappa shape index (κ2) is 6.93. The van der Waals surface area contributed by atoms with Gasteiger partial charge in [0.05, 0.1) is 0 Å². The molecule has 1 aliphatic rings. The standard InChI is InChI=1S/C19H32N2/c1-6-17-14-21(18(7-2)12-20-17)13-15-8-10-16(11-9-15)19(3,4)5/h8-11,17-18,20H,6-7,12-14H2,1-5H3. The molecule has 0 radical (unpaired) electrons. The third-order valence-corrected chi connectivity index (χ3v) is 4.78. The summed E-state index contributed by atoms with van der Waals surface area (Å²) in [5.41, 5.74) is 3.11. The Morgan fingerprint density at radius 1 is 1.10 bits per heavy atom. The lowest BCUT2D eigenvalue weighted by Gasteiger charge is -2.40. The van der Waals surface area contributed by atoms with E-state index in [9.17, 15) is 0 Å². The lowest BCUT2D eigenvalue weighted by atomic mass is 9.86. The molecule has 0 aliphatic carbocycles. The first-order valence-electron chi connectivity index (χ1n) is 8.51. The third-order valence-electron chi connectivity index (χ3n) is 4.78. The van der Waals surface area contributed by atoms with Crippen LogP contribution >= 0.6 is 0 Å². The fraction of sp³-hybridized carbons (Fsp3) is 0.684. The number of benzene rings is 1. The van der Waals surface area contributed by atoms with Crippen molar-refractivity contribution in [3.05, 3.63) is 35.4 Å². The zero-order chi connectivity index (χ0) is 15.5. The predicted molar refractivity (Wildman–Crippen MR) is 91.7 cm³/mol. The molecule has 0 saturated carbocycles. The SMILES string of the molecule is CCC1CN(Cc2ccc(C(C)(C)C)cc2)C(CC)CN1. The van der Waals surface area contributed by atoms with Gasteiger partial charge in [-0.15, -0.1) is 0 Å². The Bertz CT molecular complexity index is 430. The Morgan fingerprint density at radius 3 is 2.29 bits per heavy atom. The van der Waals surface area contributed by atoms with E-state index in [1.54, 1.807) is 0 Å². The molecule has 0 bridgehead atoms. The van der Waals surface area contributed by atoms with Crippen molar-refractivity contribution in [2.24, 2.45) is 0 Å². The zero-order valence-electron chi connectivity index (χ0n) is 14.4. The third kappa shape index (κ3) is 4.31. The molecule has 1 saturated heterocycles. The Balaban J connectivity index is 2.05. The van der Waals surface area contributed by atoms with E-state index in [1.807, 2.05) is 0 Å². The van der Waals surface area contributed by atoms with E-state index in [-0.39, 0.29) is 5.41 Å². The van der Waals surface area contributed by atoms with Crippen LogP contribution in [0.1, 0.15) is 58.6 Å². The molecule has 0 amide bonds. The molecule has 2 heteroatoms. The Kier molecular flexibility index (Phi) is 5.45.